The van der Waals surface area contributed by atoms with Gasteiger partial charge in [0, 0.05) is 45.6 Å². The molecule has 1 unspecified atom stereocenters. The van der Waals surface area contributed by atoms with E-state index in [-0.39, 0.29) is 11.9 Å². The third-order valence-corrected chi connectivity index (χ3v) is 2.37. The van der Waals surface area contributed by atoms with Crippen molar-refractivity contribution in [2.75, 3.05) is 32.6 Å². The zero-order chi connectivity index (χ0) is 13.0. The second kappa shape index (κ2) is 5.63. The molecule has 0 aromatic carbocycles. The minimum absolute atomic E-state index is 0.0844. The molecule has 1 aromatic rings. The molecule has 0 bridgehead atoms. The average molecular weight is 236 g/mol. The Morgan fingerprint density at radius 1 is 1.47 bits per heavy atom. The van der Waals surface area contributed by atoms with E-state index in [2.05, 4.69) is 4.98 Å². The van der Waals surface area contributed by atoms with E-state index in [9.17, 15) is 4.79 Å². The molecule has 1 amide bonds. The van der Waals surface area contributed by atoms with E-state index in [1.54, 1.807) is 26.4 Å². The monoisotopic (exact) mass is 236 g/mol. The summed E-state index contributed by atoms with van der Waals surface area (Å²) in [6.45, 7) is 2.68. The number of amides is 1. The lowest BCUT2D eigenvalue weighted by Gasteiger charge is -2.21. The Balaban J connectivity index is 2.89. The number of aromatic nitrogens is 1. The molecule has 0 saturated heterocycles. The largest absolute Gasteiger partial charge is 0.373 e. The summed E-state index contributed by atoms with van der Waals surface area (Å²) in [5.41, 5.74) is 7.14. The van der Waals surface area contributed by atoms with Crippen LogP contribution >= 0.6 is 0 Å². The molecule has 5 nitrogen and oxygen atoms in total. The first kappa shape index (κ1) is 13.4. The van der Waals surface area contributed by atoms with Gasteiger partial charge in [-0.15, -0.1) is 0 Å². The van der Waals surface area contributed by atoms with Crippen molar-refractivity contribution in [3.63, 3.8) is 0 Å². The molecule has 0 radical (unpaired) electrons. The van der Waals surface area contributed by atoms with E-state index in [0.717, 1.165) is 12.2 Å². The van der Waals surface area contributed by atoms with Crippen LogP contribution in [-0.4, -0.2) is 49.5 Å². The molecule has 17 heavy (non-hydrogen) atoms. The van der Waals surface area contributed by atoms with Crippen molar-refractivity contribution < 1.29 is 4.79 Å². The molecule has 94 valence electrons. The number of likely N-dealkylation sites (N-methyl/N-ethyl adjacent to an activating group) is 1. The minimum Gasteiger partial charge on any atom is -0.373 e. The number of rotatable bonds is 4. The fourth-order valence-corrected chi connectivity index (χ4v) is 1.54. The summed E-state index contributed by atoms with van der Waals surface area (Å²) in [5, 5.41) is 0. The summed E-state index contributed by atoms with van der Waals surface area (Å²) in [4.78, 5) is 19.4. The lowest BCUT2D eigenvalue weighted by Crippen LogP contribution is -2.33. The minimum atomic E-state index is -0.0963. The molecule has 1 rings (SSSR count). The van der Waals surface area contributed by atoms with Crippen molar-refractivity contribution in [2.45, 2.75) is 13.0 Å². The first-order valence-corrected chi connectivity index (χ1v) is 5.56. The van der Waals surface area contributed by atoms with Crippen LogP contribution < -0.4 is 10.6 Å². The number of nitrogens with zero attached hydrogens (tertiary/aromatic N) is 3. The van der Waals surface area contributed by atoms with Gasteiger partial charge in [-0.2, -0.15) is 0 Å². The van der Waals surface area contributed by atoms with Gasteiger partial charge in [-0.1, -0.05) is 0 Å². The van der Waals surface area contributed by atoms with Crippen molar-refractivity contribution in [1.82, 2.24) is 9.88 Å². The van der Waals surface area contributed by atoms with Crippen molar-refractivity contribution in [3.8, 4) is 0 Å². The predicted octanol–water partition coefficient (Wildman–Crippen LogP) is 0.567. The van der Waals surface area contributed by atoms with Gasteiger partial charge >= 0.3 is 0 Å². The fraction of sp³-hybridized carbons (Fsp3) is 0.500. The summed E-state index contributed by atoms with van der Waals surface area (Å²) in [7, 11) is 5.37. The van der Waals surface area contributed by atoms with Crippen LogP contribution in [0.2, 0.25) is 0 Å². The van der Waals surface area contributed by atoms with Crippen LogP contribution in [0, 0.1) is 0 Å². The van der Waals surface area contributed by atoms with Crippen LogP contribution in [0.5, 0.6) is 0 Å². The summed E-state index contributed by atoms with van der Waals surface area (Å²) in [6.07, 6.45) is 1.64. The van der Waals surface area contributed by atoms with Crippen molar-refractivity contribution >= 4 is 11.6 Å². The van der Waals surface area contributed by atoms with Crippen molar-refractivity contribution in [2.24, 2.45) is 5.73 Å². The second-order valence-corrected chi connectivity index (χ2v) is 4.46. The van der Waals surface area contributed by atoms with Gasteiger partial charge in [0.1, 0.15) is 5.69 Å². The topological polar surface area (TPSA) is 62.5 Å². The van der Waals surface area contributed by atoms with Crippen LogP contribution in [0.25, 0.3) is 0 Å². The first-order valence-electron chi connectivity index (χ1n) is 5.56. The number of hydrogen-bond acceptors (Lipinski definition) is 4. The number of pyridine rings is 1. The highest BCUT2D eigenvalue weighted by Gasteiger charge is 2.11. The highest BCUT2D eigenvalue weighted by molar-refractivity contribution is 5.92. The molecule has 0 saturated carbocycles. The Labute approximate surface area is 102 Å². The summed E-state index contributed by atoms with van der Waals surface area (Å²) < 4.78 is 0. The molecule has 5 heteroatoms. The van der Waals surface area contributed by atoms with Crippen LogP contribution in [0.4, 0.5) is 5.69 Å². The molecule has 0 aliphatic carbocycles. The molecule has 0 spiro atoms. The standard InChI is InChI=1S/C12H20N4O/c1-9(13)8-16(4)10-5-6-14-11(7-10)12(17)15(2)3/h5-7,9H,8,13H2,1-4H3. The number of carbonyl (C=O) groups excluding carboxylic acids is 1. The Morgan fingerprint density at radius 2 is 2.12 bits per heavy atom. The smallest absolute Gasteiger partial charge is 0.272 e. The van der Waals surface area contributed by atoms with E-state index >= 15 is 0 Å². The predicted molar refractivity (Wildman–Crippen MR) is 69.2 cm³/mol. The van der Waals surface area contributed by atoms with E-state index in [1.807, 2.05) is 24.9 Å². The average Bonchev–Trinajstić information content (AvgIpc) is 2.27. The number of nitrogens with two attached hydrogens (primary N) is 1. The van der Waals surface area contributed by atoms with Crippen LogP contribution in [0.1, 0.15) is 17.4 Å². The molecule has 0 aliphatic heterocycles. The zero-order valence-corrected chi connectivity index (χ0v) is 10.8. The second-order valence-electron chi connectivity index (χ2n) is 4.46. The molecule has 1 atom stereocenters. The fourth-order valence-electron chi connectivity index (χ4n) is 1.54. The molecular formula is C12H20N4O. The van der Waals surface area contributed by atoms with Gasteiger partial charge in [0.05, 0.1) is 0 Å². The maximum atomic E-state index is 11.8. The van der Waals surface area contributed by atoms with Gasteiger partial charge in [0.2, 0.25) is 0 Å². The van der Waals surface area contributed by atoms with Crippen molar-refractivity contribution in [3.05, 3.63) is 24.0 Å². The van der Waals surface area contributed by atoms with E-state index < -0.39 is 0 Å². The van der Waals surface area contributed by atoms with Gasteiger partial charge < -0.3 is 15.5 Å². The summed E-state index contributed by atoms with van der Waals surface area (Å²) in [5.74, 6) is -0.0963. The Bertz CT molecular complexity index is 390. The molecule has 1 heterocycles. The number of carbonyl (C=O) groups is 1. The van der Waals surface area contributed by atoms with Gasteiger partial charge in [0.25, 0.3) is 5.91 Å². The molecule has 1 aromatic heterocycles. The van der Waals surface area contributed by atoms with E-state index in [1.165, 1.54) is 4.90 Å². The lowest BCUT2D eigenvalue weighted by molar-refractivity contribution is 0.0822. The van der Waals surface area contributed by atoms with Crippen LogP contribution in [-0.2, 0) is 0 Å². The normalized spacial score (nSPS) is 12.1. The quantitative estimate of drug-likeness (QED) is 0.830. The molecule has 0 fully saturated rings. The van der Waals surface area contributed by atoms with Crippen LogP contribution in [0.3, 0.4) is 0 Å². The van der Waals surface area contributed by atoms with Crippen LogP contribution in [0.15, 0.2) is 18.3 Å². The van der Waals surface area contributed by atoms with Crippen molar-refractivity contribution in [1.29, 1.82) is 0 Å². The lowest BCUT2D eigenvalue weighted by atomic mass is 10.2. The number of hydrogen-bond donors (Lipinski definition) is 1. The molecular weight excluding hydrogens is 216 g/mol. The summed E-state index contributed by atoms with van der Waals surface area (Å²) >= 11 is 0. The Hall–Kier alpha value is -1.62. The highest BCUT2D eigenvalue weighted by atomic mass is 16.2. The number of anilines is 1. The zero-order valence-electron chi connectivity index (χ0n) is 10.8. The SMILES string of the molecule is CC(N)CN(C)c1ccnc(C(=O)N(C)C)c1. The third kappa shape index (κ3) is 3.71. The van der Waals surface area contributed by atoms with E-state index in [0.29, 0.717) is 5.69 Å². The first-order chi connectivity index (χ1) is 7.91. The van der Waals surface area contributed by atoms with E-state index in [4.69, 9.17) is 5.73 Å². The molecule has 0 aliphatic rings. The molecule has 2 N–H and O–H groups in total. The van der Waals surface area contributed by atoms with Gasteiger partial charge in [-0.3, -0.25) is 9.78 Å². The van der Waals surface area contributed by atoms with Gasteiger partial charge in [-0.25, -0.2) is 0 Å². The maximum absolute atomic E-state index is 11.8. The Kier molecular flexibility index (Phi) is 4.45. The van der Waals surface area contributed by atoms with Gasteiger partial charge in [0.15, 0.2) is 0 Å². The summed E-state index contributed by atoms with van der Waals surface area (Å²) in [6, 6.07) is 3.74. The highest BCUT2D eigenvalue weighted by Crippen LogP contribution is 2.13. The third-order valence-electron chi connectivity index (χ3n) is 2.37. The van der Waals surface area contributed by atoms with Gasteiger partial charge in [-0.05, 0) is 19.1 Å². The maximum Gasteiger partial charge on any atom is 0.272 e. The Morgan fingerprint density at radius 3 is 2.65 bits per heavy atom.